The molecule has 0 saturated carbocycles. The standard InChI is InChI=1S/C14H17ClFNO3/c15-12-4-3-10(16)8-13(12)20-11-2-1-6-17(9-11)7-5-14(18)19/h3-4,8,11H,1-2,5-7,9H2,(H,18,19). The van der Waals surface area contributed by atoms with Crippen LogP contribution in [-0.2, 0) is 4.79 Å². The number of nitrogens with zero attached hydrogens (tertiary/aromatic N) is 1. The van der Waals surface area contributed by atoms with E-state index in [4.69, 9.17) is 21.4 Å². The number of benzene rings is 1. The summed E-state index contributed by atoms with van der Waals surface area (Å²) in [6.07, 6.45) is 1.82. The quantitative estimate of drug-likeness (QED) is 0.908. The summed E-state index contributed by atoms with van der Waals surface area (Å²) in [6.45, 7) is 2.01. The Hall–Kier alpha value is -1.33. The normalized spacial score (nSPS) is 19.8. The Morgan fingerprint density at radius 1 is 1.55 bits per heavy atom. The van der Waals surface area contributed by atoms with Crippen LogP contribution in [0.3, 0.4) is 0 Å². The van der Waals surface area contributed by atoms with Crippen LogP contribution in [0, 0.1) is 5.82 Å². The molecule has 1 atom stereocenters. The maximum Gasteiger partial charge on any atom is 0.304 e. The molecule has 1 saturated heterocycles. The van der Waals surface area contributed by atoms with Crippen LogP contribution in [0.1, 0.15) is 19.3 Å². The topological polar surface area (TPSA) is 49.8 Å². The second-order valence-corrected chi connectivity index (χ2v) is 5.31. The molecule has 4 nitrogen and oxygen atoms in total. The van der Waals surface area contributed by atoms with Gasteiger partial charge in [-0.1, -0.05) is 11.6 Å². The van der Waals surface area contributed by atoms with Crippen LogP contribution < -0.4 is 4.74 Å². The smallest absolute Gasteiger partial charge is 0.304 e. The predicted octanol–water partition coefficient (Wildman–Crippen LogP) is 2.80. The lowest BCUT2D eigenvalue weighted by molar-refractivity contribution is -0.137. The third-order valence-electron chi connectivity index (χ3n) is 3.29. The third-order valence-corrected chi connectivity index (χ3v) is 3.60. The first-order valence-corrected chi connectivity index (χ1v) is 6.98. The Labute approximate surface area is 122 Å². The summed E-state index contributed by atoms with van der Waals surface area (Å²) in [5.41, 5.74) is 0. The van der Waals surface area contributed by atoms with E-state index in [1.54, 1.807) is 0 Å². The molecule has 1 N–H and O–H groups in total. The summed E-state index contributed by atoms with van der Waals surface area (Å²) in [6, 6.07) is 4.03. The molecule has 0 spiro atoms. The van der Waals surface area contributed by atoms with Crippen molar-refractivity contribution in [3.63, 3.8) is 0 Å². The molecule has 1 aromatic rings. The number of carboxylic acids is 1. The maximum absolute atomic E-state index is 13.2. The fraction of sp³-hybridized carbons (Fsp3) is 0.500. The molecule has 6 heteroatoms. The van der Waals surface area contributed by atoms with Crippen molar-refractivity contribution in [1.82, 2.24) is 4.90 Å². The van der Waals surface area contributed by atoms with Gasteiger partial charge in [0.25, 0.3) is 0 Å². The number of halogens is 2. The fourth-order valence-electron chi connectivity index (χ4n) is 2.31. The molecule has 1 aromatic carbocycles. The molecular formula is C14H17ClFNO3. The van der Waals surface area contributed by atoms with Gasteiger partial charge in [0.05, 0.1) is 11.4 Å². The molecule has 1 aliphatic rings. The van der Waals surface area contributed by atoms with Crippen LogP contribution in [-0.4, -0.2) is 41.7 Å². The Balaban J connectivity index is 1.92. The van der Waals surface area contributed by atoms with Gasteiger partial charge < -0.3 is 9.84 Å². The van der Waals surface area contributed by atoms with Crippen LogP contribution in [0.2, 0.25) is 5.02 Å². The molecule has 1 unspecified atom stereocenters. The Morgan fingerprint density at radius 2 is 2.35 bits per heavy atom. The molecule has 110 valence electrons. The van der Waals surface area contributed by atoms with Gasteiger partial charge in [-0.2, -0.15) is 0 Å². The van der Waals surface area contributed by atoms with Crippen molar-refractivity contribution in [1.29, 1.82) is 0 Å². The number of likely N-dealkylation sites (tertiary alicyclic amines) is 1. The summed E-state index contributed by atoms with van der Waals surface area (Å²) >= 11 is 5.97. The zero-order valence-electron chi connectivity index (χ0n) is 11.0. The van der Waals surface area contributed by atoms with Crippen molar-refractivity contribution in [2.24, 2.45) is 0 Å². The Morgan fingerprint density at radius 3 is 3.10 bits per heavy atom. The van der Waals surface area contributed by atoms with E-state index in [0.29, 0.717) is 23.9 Å². The van der Waals surface area contributed by atoms with Crippen LogP contribution in [0.5, 0.6) is 5.75 Å². The van der Waals surface area contributed by atoms with E-state index >= 15 is 0 Å². The van der Waals surface area contributed by atoms with E-state index in [1.165, 1.54) is 18.2 Å². The lowest BCUT2D eigenvalue weighted by Gasteiger charge is -2.32. The lowest BCUT2D eigenvalue weighted by atomic mass is 10.1. The number of rotatable bonds is 5. The monoisotopic (exact) mass is 301 g/mol. The minimum atomic E-state index is -0.804. The molecular weight excluding hydrogens is 285 g/mol. The molecule has 0 radical (unpaired) electrons. The first-order chi connectivity index (χ1) is 9.54. The van der Waals surface area contributed by atoms with Crippen molar-refractivity contribution in [3.05, 3.63) is 29.0 Å². The second kappa shape index (κ2) is 6.90. The first-order valence-electron chi connectivity index (χ1n) is 6.60. The molecule has 20 heavy (non-hydrogen) atoms. The van der Waals surface area contributed by atoms with Gasteiger partial charge in [0.1, 0.15) is 17.7 Å². The van der Waals surface area contributed by atoms with Gasteiger partial charge in [-0.25, -0.2) is 4.39 Å². The first kappa shape index (κ1) is 15.1. The number of piperidine rings is 1. The summed E-state index contributed by atoms with van der Waals surface area (Å²) in [4.78, 5) is 12.6. The van der Waals surface area contributed by atoms with E-state index in [0.717, 1.165) is 19.4 Å². The minimum absolute atomic E-state index is 0.0863. The van der Waals surface area contributed by atoms with E-state index < -0.39 is 5.97 Å². The number of carboxylic acid groups (broad SMARTS) is 1. The number of ether oxygens (including phenoxy) is 1. The number of carbonyl (C=O) groups is 1. The summed E-state index contributed by atoms with van der Waals surface area (Å²) in [7, 11) is 0. The predicted molar refractivity (Wildman–Crippen MR) is 73.8 cm³/mol. The molecule has 1 aliphatic heterocycles. The average Bonchev–Trinajstić information content (AvgIpc) is 2.41. The van der Waals surface area contributed by atoms with Crippen molar-refractivity contribution < 1.29 is 19.0 Å². The molecule has 0 amide bonds. The molecule has 1 fully saturated rings. The van der Waals surface area contributed by atoms with Crippen LogP contribution in [0.25, 0.3) is 0 Å². The number of hydrogen-bond donors (Lipinski definition) is 1. The van der Waals surface area contributed by atoms with Crippen LogP contribution in [0.4, 0.5) is 4.39 Å². The third kappa shape index (κ3) is 4.35. The molecule has 0 bridgehead atoms. The zero-order valence-corrected chi connectivity index (χ0v) is 11.8. The Kier molecular flexibility index (Phi) is 5.20. The molecule has 1 heterocycles. The lowest BCUT2D eigenvalue weighted by Crippen LogP contribution is -2.42. The van der Waals surface area contributed by atoms with Crippen molar-refractivity contribution in [2.45, 2.75) is 25.4 Å². The van der Waals surface area contributed by atoms with Gasteiger partial charge in [0.2, 0.25) is 0 Å². The van der Waals surface area contributed by atoms with Crippen LogP contribution >= 0.6 is 11.6 Å². The summed E-state index contributed by atoms with van der Waals surface area (Å²) in [5.74, 6) is -0.846. The van der Waals surface area contributed by atoms with Gasteiger partial charge in [0.15, 0.2) is 0 Å². The van der Waals surface area contributed by atoms with Crippen LogP contribution in [0.15, 0.2) is 18.2 Å². The van der Waals surface area contributed by atoms with E-state index in [1.807, 2.05) is 0 Å². The fourth-order valence-corrected chi connectivity index (χ4v) is 2.48. The summed E-state index contributed by atoms with van der Waals surface area (Å²) < 4.78 is 18.9. The highest BCUT2D eigenvalue weighted by molar-refractivity contribution is 6.32. The SMILES string of the molecule is O=C(O)CCN1CCCC(Oc2cc(F)ccc2Cl)C1. The number of aliphatic carboxylic acids is 1. The second-order valence-electron chi connectivity index (χ2n) is 4.90. The van der Waals surface area contributed by atoms with Gasteiger partial charge in [-0.15, -0.1) is 0 Å². The van der Waals surface area contributed by atoms with E-state index in [2.05, 4.69) is 4.90 Å². The molecule has 2 rings (SSSR count). The van der Waals surface area contributed by atoms with Gasteiger partial charge >= 0.3 is 5.97 Å². The van der Waals surface area contributed by atoms with E-state index in [-0.39, 0.29) is 18.3 Å². The summed E-state index contributed by atoms with van der Waals surface area (Å²) in [5, 5.41) is 9.08. The highest BCUT2D eigenvalue weighted by Crippen LogP contribution is 2.27. The average molecular weight is 302 g/mol. The largest absolute Gasteiger partial charge is 0.487 e. The van der Waals surface area contributed by atoms with Gasteiger partial charge in [0, 0.05) is 19.2 Å². The molecule has 0 aromatic heterocycles. The highest BCUT2D eigenvalue weighted by atomic mass is 35.5. The maximum atomic E-state index is 13.2. The Bertz CT molecular complexity index is 483. The highest BCUT2D eigenvalue weighted by Gasteiger charge is 2.22. The van der Waals surface area contributed by atoms with Crippen molar-refractivity contribution >= 4 is 17.6 Å². The van der Waals surface area contributed by atoms with Gasteiger partial charge in [-0.05, 0) is 31.5 Å². The van der Waals surface area contributed by atoms with E-state index in [9.17, 15) is 9.18 Å². The van der Waals surface area contributed by atoms with Crippen molar-refractivity contribution in [3.8, 4) is 5.75 Å². The minimum Gasteiger partial charge on any atom is -0.487 e. The van der Waals surface area contributed by atoms with Gasteiger partial charge in [-0.3, -0.25) is 9.69 Å². The number of hydrogen-bond acceptors (Lipinski definition) is 3. The van der Waals surface area contributed by atoms with Crippen molar-refractivity contribution in [2.75, 3.05) is 19.6 Å². The molecule has 0 aliphatic carbocycles. The zero-order chi connectivity index (χ0) is 14.5.